The molecule has 0 aliphatic heterocycles. The molecule has 0 unspecified atom stereocenters. The number of phenolic OH excluding ortho intramolecular Hbond substituents is 2. The number of phenols is 2. The van der Waals surface area contributed by atoms with Crippen LogP contribution in [0.1, 0.15) is 11.1 Å². The molecule has 0 saturated carbocycles. The molecule has 7 aromatic rings. The van der Waals surface area contributed by atoms with Crippen LogP contribution in [0, 0.1) is 0 Å². The lowest BCUT2D eigenvalue weighted by molar-refractivity contribution is 0.478. The van der Waals surface area contributed by atoms with Gasteiger partial charge in [0, 0.05) is 43.6 Å². The molecule has 7 aromatic carbocycles. The molecular weight excluding hydrogens is 625 g/mol. The van der Waals surface area contributed by atoms with Crippen molar-refractivity contribution in [3.63, 3.8) is 0 Å². The molecular formula is C44H34O2S2. The number of aromatic hydroxyl groups is 2. The summed E-state index contributed by atoms with van der Waals surface area (Å²) >= 11 is 3.58. The minimum Gasteiger partial charge on any atom is -0.507 e. The van der Waals surface area contributed by atoms with Crippen LogP contribution in [0.5, 0.6) is 11.5 Å². The molecule has 0 saturated heterocycles. The molecule has 48 heavy (non-hydrogen) atoms. The van der Waals surface area contributed by atoms with Gasteiger partial charge in [-0.05, 0) is 45.5 Å². The number of thioether (sulfide) groups is 2. The highest BCUT2D eigenvalue weighted by molar-refractivity contribution is 7.99. The van der Waals surface area contributed by atoms with Gasteiger partial charge >= 0.3 is 0 Å². The Labute approximate surface area is 290 Å². The summed E-state index contributed by atoms with van der Waals surface area (Å²) in [6, 6.07) is 57.3. The van der Waals surface area contributed by atoms with Crippen molar-refractivity contribution in [2.24, 2.45) is 0 Å². The van der Waals surface area contributed by atoms with E-state index >= 15 is 0 Å². The Hall–Kier alpha value is -5.16. The highest BCUT2D eigenvalue weighted by Gasteiger charge is 2.16. The molecule has 0 heterocycles. The Morgan fingerprint density at radius 2 is 0.646 bits per heavy atom. The molecule has 0 aliphatic rings. The zero-order valence-electron chi connectivity index (χ0n) is 26.3. The topological polar surface area (TPSA) is 40.5 Å². The minimum absolute atomic E-state index is 0.299. The van der Waals surface area contributed by atoms with Gasteiger partial charge in [0.05, 0.1) is 0 Å². The smallest absolute Gasteiger partial charge is 0.131 e. The van der Waals surface area contributed by atoms with Crippen LogP contribution >= 0.6 is 23.5 Å². The van der Waals surface area contributed by atoms with Gasteiger partial charge in [0.1, 0.15) is 11.5 Å². The Balaban J connectivity index is 1.12. The van der Waals surface area contributed by atoms with Crippen molar-refractivity contribution in [2.75, 3.05) is 0 Å². The van der Waals surface area contributed by atoms with E-state index < -0.39 is 0 Å². The molecule has 0 amide bonds. The quantitative estimate of drug-likeness (QED) is 0.144. The monoisotopic (exact) mass is 658 g/mol. The van der Waals surface area contributed by atoms with Crippen molar-refractivity contribution in [1.29, 1.82) is 0 Å². The van der Waals surface area contributed by atoms with Gasteiger partial charge in [0.25, 0.3) is 0 Å². The average molecular weight is 659 g/mol. The summed E-state index contributed by atoms with van der Waals surface area (Å²) in [4.78, 5) is 2.25. The van der Waals surface area contributed by atoms with Crippen molar-refractivity contribution in [1.82, 2.24) is 0 Å². The van der Waals surface area contributed by atoms with Crippen LogP contribution < -0.4 is 0 Å². The Morgan fingerprint density at radius 1 is 0.312 bits per heavy atom. The zero-order chi connectivity index (χ0) is 32.7. The number of hydrogen-bond acceptors (Lipinski definition) is 4. The van der Waals surface area contributed by atoms with Gasteiger partial charge in [-0.25, -0.2) is 0 Å². The summed E-state index contributed by atoms with van der Waals surface area (Å²) in [5.41, 5.74) is 9.91. The first-order valence-corrected chi connectivity index (χ1v) is 17.9. The molecule has 7 rings (SSSR count). The third kappa shape index (κ3) is 6.77. The van der Waals surface area contributed by atoms with Crippen molar-refractivity contribution in [2.45, 2.75) is 21.3 Å². The van der Waals surface area contributed by atoms with E-state index in [1.165, 1.54) is 11.1 Å². The molecule has 0 aliphatic carbocycles. The third-order valence-corrected chi connectivity index (χ3v) is 10.7. The van der Waals surface area contributed by atoms with E-state index in [2.05, 4.69) is 60.7 Å². The van der Waals surface area contributed by atoms with Gasteiger partial charge in [-0.1, -0.05) is 158 Å². The standard InChI is InChI=1S/C44H34O2S2/c45-43-35(31-15-3-1-4-16-31)23-13-25-39(43)37-21-9-11-27-41(37)47-29-33-19-7-8-20-34(33)30-48-42-28-12-10-22-38(42)40-26-14-24-36(44(40)46)32-17-5-2-6-18-32/h1-28,45-46H,29-30H2. The molecule has 2 N–H and O–H groups in total. The highest BCUT2D eigenvalue weighted by Crippen LogP contribution is 2.44. The second-order valence-corrected chi connectivity index (χ2v) is 13.5. The first kappa shape index (κ1) is 31.4. The van der Waals surface area contributed by atoms with Crippen LogP contribution in [-0.2, 0) is 11.5 Å². The summed E-state index contributed by atoms with van der Waals surface area (Å²) in [7, 11) is 0. The lowest BCUT2D eigenvalue weighted by Crippen LogP contribution is -1.92. The molecule has 4 heteroatoms. The van der Waals surface area contributed by atoms with Crippen LogP contribution in [0.3, 0.4) is 0 Å². The number of para-hydroxylation sites is 2. The summed E-state index contributed by atoms with van der Waals surface area (Å²) in [6.45, 7) is 0. The Morgan fingerprint density at radius 3 is 1.08 bits per heavy atom. The van der Waals surface area contributed by atoms with Crippen LogP contribution in [0.15, 0.2) is 180 Å². The fourth-order valence-corrected chi connectivity index (χ4v) is 8.21. The van der Waals surface area contributed by atoms with Gasteiger partial charge in [-0.2, -0.15) is 0 Å². The predicted molar refractivity (Wildman–Crippen MR) is 204 cm³/mol. The van der Waals surface area contributed by atoms with E-state index in [1.807, 2.05) is 109 Å². The van der Waals surface area contributed by atoms with Gasteiger partial charge in [-0.15, -0.1) is 23.5 Å². The maximum absolute atomic E-state index is 11.4. The third-order valence-electron chi connectivity index (χ3n) is 8.48. The van der Waals surface area contributed by atoms with E-state index in [-0.39, 0.29) is 0 Å². The normalized spacial score (nSPS) is 11.0. The van der Waals surface area contributed by atoms with Crippen molar-refractivity contribution >= 4 is 23.5 Å². The van der Waals surface area contributed by atoms with Gasteiger partial charge in [0.2, 0.25) is 0 Å². The first-order valence-electron chi connectivity index (χ1n) is 15.9. The number of benzene rings is 7. The van der Waals surface area contributed by atoms with Crippen molar-refractivity contribution in [3.05, 3.63) is 181 Å². The van der Waals surface area contributed by atoms with E-state index in [4.69, 9.17) is 0 Å². The zero-order valence-corrected chi connectivity index (χ0v) is 27.9. The molecule has 0 fully saturated rings. The molecule has 0 aromatic heterocycles. The predicted octanol–water partition coefficient (Wildman–Crippen LogP) is 12.4. The second-order valence-electron chi connectivity index (χ2n) is 11.5. The second kappa shape index (κ2) is 14.7. The fourth-order valence-electron chi connectivity index (χ4n) is 6.00. The minimum atomic E-state index is 0.299. The average Bonchev–Trinajstić information content (AvgIpc) is 3.15. The molecule has 0 radical (unpaired) electrons. The molecule has 0 bridgehead atoms. The molecule has 0 spiro atoms. The van der Waals surface area contributed by atoms with Crippen LogP contribution in [0.4, 0.5) is 0 Å². The maximum atomic E-state index is 11.4. The SMILES string of the molecule is Oc1c(-c2ccccc2)cccc1-c1ccccc1SCc1ccccc1CSc1ccccc1-c1cccc(-c2ccccc2)c1O. The fraction of sp³-hybridized carbons (Fsp3) is 0.0455. The van der Waals surface area contributed by atoms with Crippen LogP contribution in [0.25, 0.3) is 44.5 Å². The Kier molecular flexibility index (Phi) is 9.65. The lowest BCUT2D eigenvalue weighted by atomic mass is 9.97. The molecule has 2 nitrogen and oxygen atoms in total. The largest absolute Gasteiger partial charge is 0.507 e. The van der Waals surface area contributed by atoms with Gasteiger partial charge < -0.3 is 10.2 Å². The van der Waals surface area contributed by atoms with E-state index in [0.29, 0.717) is 11.5 Å². The van der Waals surface area contributed by atoms with E-state index in [1.54, 1.807) is 23.5 Å². The summed E-state index contributed by atoms with van der Waals surface area (Å²) in [6.07, 6.45) is 0. The summed E-state index contributed by atoms with van der Waals surface area (Å²) in [5.74, 6) is 2.20. The van der Waals surface area contributed by atoms with Crippen molar-refractivity contribution in [3.8, 4) is 56.0 Å². The van der Waals surface area contributed by atoms with Gasteiger partial charge in [-0.3, -0.25) is 0 Å². The molecule has 0 atom stereocenters. The van der Waals surface area contributed by atoms with Gasteiger partial charge in [0.15, 0.2) is 0 Å². The lowest BCUT2D eigenvalue weighted by Gasteiger charge is -2.16. The van der Waals surface area contributed by atoms with Crippen LogP contribution in [-0.4, -0.2) is 10.2 Å². The number of hydrogen-bond donors (Lipinski definition) is 2. The molecule has 234 valence electrons. The van der Waals surface area contributed by atoms with E-state index in [9.17, 15) is 10.2 Å². The maximum Gasteiger partial charge on any atom is 0.131 e. The van der Waals surface area contributed by atoms with Crippen LogP contribution in [0.2, 0.25) is 0 Å². The summed E-state index contributed by atoms with van der Waals surface area (Å²) in [5, 5.41) is 22.8. The highest BCUT2D eigenvalue weighted by atomic mass is 32.2. The number of rotatable bonds is 10. The van der Waals surface area contributed by atoms with E-state index in [0.717, 1.165) is 65.8 Å². The first-order chi connectivity index (χ1) is 23.7. The van der Waals surface area contributed by atoms with Crippen molar-refractivity contribution < 1.29 is 10.2 Å². The Bertz CT molecular complexity index is 2000. The summed E-state index contributed by atoms with van der Waals surface area (Å²) < 4.78 is 0.